The van der Waals surface area contributed by atoms with E-state index >= 15 is 0 Å². The lowest BCUT2D eigenvalue weighted by atomic mass is 10.1. The van der Waals surface area contributed by atoms with Crippen LogP contribution in [0.1, 0.15) is 24.2 Å². The number of fused-ring (bicyclic) bond motifs is 1. The van der Waals surface area contributed by atoms with Gasteiger partial charge in [0.25, 0.3) is 5.91 Å². The van der Waals surface area contributed by atoms with Crippen molar-refractivity contribution in [1.29, 1.82) is 0 Å². The SMILES string of the molecule is C=C(C)CN(CC)C(=O)c1cccc2ncccc12. The standard InChI is InChI=1S/C16H18N2O/c1-4-18(11-12(2)3)16(19)14-7-5-9-15-13(14)8-6-10-17-15/h5-10H,2,4,11H2,1,3H3. The van der Waals surface area contributed by atoms with Crippen molar-refractivity contribution in [1.82, 2.24) is 9.88 Å². The molecule has 0 aliphatic heterocycles. The molecule has 0 aliphatic carbocycles. The summed E-state index contributed by atoms with van der Waals surface area (Å²) >= 11 is 0. The zero-order valence-electron chi connectivity index (χ0n) is 11.4. The first kappa shape index (κ1) is 13.3. The van der Waals surface area contributed by atoms with Gasteiger partial charge in [-0.3, -0.25) is 9.78 Å². The molecule has 0 aliphatic rings. The van der Waals surface area contributed by atoms with Crippen LogP contribution in [0, 0.1) is 0 Å². The van der Waals surface area contributed by atoms with Gasteiger partial charge >= 0.3 is 0 Å². The second-order valence-corrected chi connectivity index (χ2v) is 4.65. The third kappa shape index (κ3) is 2.81. The quantitative estimate of drug-likeness (QED) is 0.784. The molecule has 0 saturated carbocycles. The van der Waals surface area contributed by atoms with E-state index in [0.717, 1.165) is 16.5 Å². The van der Waals surface area contributed by atoms with Crippen molar-refractivity contribution in [3.05, 3.63) is 54.2 Å². The number of hydrogen-bond acceptors (Lipinski definition) is 2. The Balaban J connectivity index is 2.43. The second kappa shape index (κ2) is 5.65. The van der Waals surface area contributed by atoms with Gasteiger partial charge in [-0.25, -0.2) is 0 Å². The van der Waals surface area contributed by atoms with Crippen molar-refractivity contribution in [3.63, 3.8) is 0 Å². The predicted molar refractivity (Wildman–Crippen MR) is 78.1 cm³/mol. The molecule has 0 bridgehead atoms. The molecule has 1 heterocycles. The number of amides is 1. The van der Waals surface area contributed by atoms with Crippen LogP contribution in [0.2, 0.25) is 0 Å². The molecule has 2 rings (SSSR count). The van der Waals surface area contributed by atoms with Crippen LogP contribution in [0.3, 0.4) is 0 Å². The molecule has 2 aromatic rings. The van der Waals surface area contributed by atoms with E-state index in [2.05, 4.69) is 11.6 Å². The van der Waals surface area contributed by atoms with Crippen LogP contribution < -0.4 is 0 Å². The largest absolute Gasteiger partial charge is 0.335 e. The fourth-order valence-electron chi connectivity index (χ4n) is 2.11. The Morgan fingerprint density at radius 2 is 2.11 bits per heavy atom. The molecule has 1 aromatic heterocycles. The molecular weight excluding hydrogens is 236 g/mol. The number of carbonyl (C=O) groups excluding carboxylic acids is 1. The first-order valence-electron chi connectivity index (χ1n) is 6.41. The van der Waals surface area contributed by atoms with E-state index < -0.39 is 0 Å². The normalized spacial score (nSPS) is 10.4. The van der Waals surface area contributed by atoms with Gasteiger partial charge in [0.15, 0.2) is 0 Å². The number of benzene rings is 1. The molecule has 0 fully saturated rings. The van der Waals surface area contributed by atoms with Gasteiger partial charge in [-0.15, -0.1) is 0 Å². The third-order valence-electron chi connectivity index (χ3n) is 3.01. The fourth-order valence-corrected chi connectivity index (χ4v) is 2.11. The Labute approximate surface area is 113 Å². The minimum atomic E-state index is 0.0316. The number of nitrogens with zero attached hydrogens (tertiary/aromatic N) is 2. The zero-order valence-corrected chi connectivity index (χ0v) is 11.4. The highest BCUT2D eigenvalue weighted by atomic mass is 16.2. The molecule has 0 saturated heterocycles. The highest BCUT2D eigenvalue weighted by Gasteiger charge is 2.16. The highest BCUT2D eigenvalue weighted by molar-refractivity contribution is 6.06. The van der Waals surface area contributed by atoms with E-state index in [1.54, 1.807) is 11.1 Å². The van der Waals surface area contributed by atoms with Crippen molar-refractivity contribution in [3.8, 4) is 0 Å². The fraction of sp³-hybridized carbons (Fsp3) is 0.250. The number of likely N-dealkylation sites (N-methyl/N-ethyl adjacent to an activating group) is 1. The van der Waals surface area contributed by atoms with Crippen LogP contribution in [0.15, 0.2) is 48.7 Å². The van der Waals surface area contributed by atoms with Gasteiger partial charge < -0.3 is 4.90 Å². The molecule has 98 valence electrons. The van der Waals surface area contributed by atoms with E-state index in [9.17, 15) is 4.79 Å². The van der Waals surface area contributed by atoms with Crippen LogP contribution in [0.25, 0.3) is 10.9 Å². The van der Waals surface area contributed by atoms with Gasteiger partial charge in [-0.1, -0.05) is 24.3 Å². The van der Waals surface area contributed by atoms with Crippen LogP contribution >= 0.6 is 0 Å². The number of carbonyl (C=O) groups is 1. The second-order valence-electron chi connectivity index (χ2n) is 4.65. The zero-order chi connectivity index (χ0) is 13.8. The Morgan fingerprint density at radius 1 is 1.32 bits per heavy atom. The molecule has 0 N–H and O–H groups in total. The maximum Gasteiger partial charge on any atom is 0.254 e. The van der Waals surface area contributed by atoms with Crippen LogP contribution in [0.4, 0.5) is 0 Å². The first-order chi connectivity index (χ1) is 9.13. The van der Waals surface area contributed by atoms with E-state index in [-0.39, 0.29) is 5.91 Å². The first-order valence-corrected chi connectivity index (χ1v) is 6.41. The Kier molecular flexibility index (Phi) is 3.95. The number of pyridine rings is 1. The Bertz CT molecular complexity index is 614. The average Bonchev–Trinajstić information content (AvgIpc) is 2.43. The van der Waals surface area contributed by atoms with E-state index in [0.29, 0.717) is 18.7 Å². The number of aromatic nitrogens is 1. The summed E-state index contributed by atoms with van der Waals surface area (Å²) in [6.07, 6.45) is 1.74. The Morgan fingerprint density at radius 3 is 2.79 bits per heavy atom. The lowest BCUT2D eigenvalue weighted by Crippen LogP contribution is -2.32. The van der Waals surface area contributed by atoms with Crippen LogP contribution in [0.5, 0.6) is 0 Å². The van der Waals surface area contributed by atoms with Crippen molar-refractivity contribution < 1.29 is 4.79 Å². The molecule has 1 amide bonds. The lowest BCUT2D eigenvalue weighted by Gasteiger charge is -2.21. The van der Waals surface area contributed by atoms with E-state index in [1.807, 2.05) is 44.2 Å². The van der Waals surface area contributed by atoms with Crippen molar-refractivity contribution in [2.24, 2.45) is 0 Å². The maximum atomic E-state index is 12.6. The molecule has 0 spiro atoms. The van der Waals surface area contributed by atoms with Gasteiger partial charge in [-0.05, 0) is 32.0 Å². The Hall–Kier alpha value is -2.16. The van der Waals surface area contributed by atoms with E-state index in [1.165, 1.54) is 0 Å². The molecule has 3 heteroatoms. The number of rotatable bonds is 4. The average molecular weight is 254 g/mol. The summed E-state index contributed by atoms with van der Waals surface area (Å²) < 4.78 is 0. The van der Waals surface area contributed by atoms with E-state index in [4.69, 9.17) is 0 Å². The van der Waals surface area contributed by atoms with Crippen molar-refractivity contribution >= 4 is 16.8 Å². The summed E-state index contributed by atoms with van der Waals surface area (Å²) in [7, 11) is 0. The molecular formula is C16H18N2O. The molecule has 19 heavy (non-hydrogen) atoms. The minimum absolute atomic E-state index is 0.0316. The van der Waals surface area contributed by atoms with Crippen LogP contribution in [-0.2, 0) is 0 Å². The minimum Gasteiger partial charge on any atom is -0.335 e. The topological polar surface area (TPSA) is 33.2 Å². The van der Waals surface area contributed by atoms with Gasteiger partial charge in [0.05, 0.1) is 5.52 Å². The van der Waals surface area contributed by atoms with Gasteiger partial charge in [-0.2, -0.15) is 0 Å². The van der Waals surface area contributed by atoms with Crippen LogP contribution in [-0.4, -0.2) is 28.9 Å². The summed E-state index contributed by atoms with van der Waals surface area (Å²) in [5, 5.41) is 0.898. The summed E-state index contributed by atoms with van der Waals surface area (Å²) in [6, 6.07) is 9.43. The number of hydrogen-bond donors (Lipinski definition) is 0. The molecule has 0 unspecified atom stereocenters. The summed E-state index contributed by atoms with van der Waals surface area (Å²) in [6.45, 7) is 9.04. The lowest BCUT2D eigenvalue weighted by molar-refractivity contribution is 0.0780. The maximum absolute atomic E-state index is 12.6. The summed E-state index contributed by atoms with van der Waals surface area (Å²) in [5.41, 5.74) is 2.53. The third-order valence-corrected chi connectivity index (χ3v) is 3.01. The predicted octanol–water partition coefficient (Wildman–Crippen LogP) is 3.27. The summed E-state index contributed by atoms with van der Waals surface area (Å²) in [5.74, 6) is 0.0316. The molecule has 0 atom stereocenters. The molecule has 3 nitrogen and oxygen atoms in total. The molecule has 1 aromatic carbocycles. The monoisotopic (exact) mass is 254 g/mol. The van der Waals surface area contributed by atoms with Crippen molar-refractivity contribution in [2.75, 3.05) is 13.1 Å². The molecule has 0 radical (unpaired) electrons. The smallest absolute Gasteiger partial charge is 0.254 e. The van der Waals surface area contributed by atoms with Gasteiger partial charge in [0, 0.05) is 30.2 Å². The van der Waals surface area contributed by atoms with Gasteiger partial charge in [0.2, 0.25) is 0 Å². The van der Waals surface area contributed by atoms with Crippen molar-refractivity contribution in [2.45, 2.75) is 13.8 Å². The van der Waals surface area contributed by atoms with Gasteiger partial charge in [0.1, 0.15) is 0 Å². The highest BCUT2D eigenvalue weighted by Crippen LogP contribution is 2.18. The summed E-state index contributed by atoms with van der Waals surface area (Å²) in [4.78, 5) is 18.7.